The molecule has 29 heavy (non-hydrogen) atoms. The second-order valence-corrected chi connectivity index (χ2v) is 6.94. The minimum absolute atomic E-state index is 0.113. The van der Waals surface area contributed by atoms with Crippen molar-refractivity contribution >= 4 is 33.8 Å². The van der Waals surface area contributed by atoms with Crippen molar-refractivity contribution < 1.29 is 4.79 Å². The Morgan fingerprint density at radius 3 is 2.52 bits per heavy atom. The van der Waals surface area contributed by atoms with Crippen molar-refractivity contribution in [2.45, 2.75) is 6.42 Å². The number of rotatable bonds is 4. The van der Waals surface area contributed by atoms with Crippen molar-refractivity contribution in [3.63, 3.8) is 0 Å². The molecule has 0 saturated heterocycles. The first kappa shape index (κ1) is 17.1. The fourth-order valence-electron chi connectivity index (χ4n) is 3.60. The number of benzene rings is 2. The van der Waals surface area contributed by atoms with E-state index in [9.17, 15) is 4.79 Å². The van der Waals surface area contributed by atoms with Crippen LogP contribution in [0.1, 0.15) is 16.7 Å². The molecule has 1 aliphatic rings. The van der Waals surface area contributed by atoms with Gasteiger partial charge in [-0.2, -0.15) is 0 Å². The van der Waals surface area contributed by atoms with Crippen molar-refractivity contribution in [3.05, 3.63) is 102 Å². The topological polar surface area (TPSA) is 66.9 Å². The SMILES string of the molecule is O=C1Nc2ccc3ncccc3c2/C1=C\Nc1ccc(Cc2ccncc2)cc1. The summed E-state index contributed by atoms with van der Waals surface area (Å²) in [4.78, 5) is 20.9. The molecule has 0 bridgehead atoms. The van der Waals surface area contributed by atoms with Crippen LogP contribution in [0.25, 0.3) is 16.5 Å². The van der Waals surface area contributed by atoms with Gasteiger partial charge in [0.15, 0.2) is 0 Å². The average Bonchev–Trinajstić information content (AvgIpc) is 3.09. The number of pyridine rings is 2. The molecule has 3 heterocycles. The molecular formula is C24H18N4O. The predicted octanol–water partition coefficient (Wildman–Crippen LogP) is 4.63. The number of nitrogens with zero attached hydrogens (tertiary/aromatic N) is 2. The first-order valence-electron chi connectivity index (χ1n) is 9.42. The Morgan fingerprint density at radius 2 is 1.69 bits per heavy atom. The maximum Gasteiger partial charge on any atom is 0.257 e. The molecule has 0 saturated carbocycles. The Labute approximate surface area is 168 Å². The van der Waals surface area contributed by atoms with E-state index in [-0.39, 0.29) is 5.91 Å². The van der Waals surface area contributed by atoms with E-state index in [1.54, 1.807) is 24.8 Å². The van der Waals surface area contributed by atoms with Gasteiger partial charge in [0, 0.05) is 47.1 Å². The van der Waals surface area contributed by atoms with E-state index in [0.717, 1.165) is 34.3 Å². The van der Waals surface area contributed by atoms with Crippen LogP contribution in [-0.4, -0.2) is 15.9 Å². The monoisotopic (exact) mass is 378 g/mol. The van der Waals surface area contributed by atoms with Crippen LogP contribution in [0.4, 0.5) is 11.4 Å². The summed E-state index contributed by atoms with van der Waals surface area (Å²) >= 11 is 0. The molecule has 5 rings (SSSR count). The molecular weight excluding hydrogens is 360 g/mol. The maximum atomic E-state index is 12.5. The zero-order valence-electron chi connectivity index (χ0n) is 15.6. The molecule has 0 atom stereocenters. The lowest BCUT2D eigenvalue weighted by atomic mass is 10.0. The van der Waals surface area contributed by atoms with E-state index in [4.69, 9.17) is 0 Å². The van der Waals surface area contributed by atoms with Gasteiger partial charge in [-0.15, -0.1) is 0 Å². The highest BCUT2D eigenvalue weighted by atomic mass is 16.2. The molecule has 0 unspecified atom stereocenters. The molecule has 2 aromatic carbocycles. The Bertz CT molecular complexity index is 1230. The predicted molar refractivity (Wildman–Crippen MR) is 115 cm³/mol. The van der Waals surface area contributed by atoms with Gasteiger partial charge in [0.2, 0.25) is 0 Å². The van der Waals surface area contributed by atoms with Gasteiger partial charge in [0.25, 0.3) is 5.91 Å². The Hall–Kier alpha value is -3.99. The highest BCUT2D eigenvalue weighted by molar-refractivity contribution is 6.34. The lowest BCUT2D eigenvalue weighted by Crippen LogP contribution is -2.05. The first-order chi connectivity index (χ1) is 14.3. The van der Waals surface area contributed by atoms with Gasteiger partial charge in [0.1, 0.15) is 0 Å². The molecule has 5 heteroatoms. The zero-order valence-corrected chi connectivity index (χ0v) is 15.6. The average molecular weight is 378 g/mol. The summed E-state index contributed by atoms with van der Waals surface area (Å²) in [6, 6.07) is 20.0. The number of amides is 1. The number of aromatic nitrogens is 2. The van der Waals surface area contributed by atoms with E-state index in [2.05, 4.69) is 32.7 Å². The van der Waals surface area contributed by atoms with E-state index in [1.807, 2.05) is 48.5 Å². The first-order valence-corrected chi connectivity index (χ1v) is 9.42. The van der Waals surface area contributed by atoms with Crippen molar-refractivity contribution in [1.82, 2.24) is 9.97 Å². The standard InChI is InChI=1S/C24H18N4O/c29-24-20(23-19-2-1-11-26-21(19)7-8-22(23)28-24)15-27-18-5-3-16(4-6-18)14-17-9-12-25-13-10-17/h1-13,15,27H,14H2,(H,28,29)/b20-15+. The fraction of sp³-hybridized carbons (Fsp3) is 0.0417. The van der Waals surface area contributed by atoms with E-state index < -0.39 is 0 Å². The van der Waals surface area contributed by atoms with Gasteiger partial charge >= 0.3 is 0 Å². The largest absolute Gasteiger partial charge is 0.361 e. The minimum atomic E-state index is -0.113. The van der Waals surface area contributed by atoms with Gasteiger partial charge in [0.05, 0.1) is 11.1 Å². The fourth-order valence-corrected chi connectivity index (χ4v) is 3.60. The van der Waals surface area contributed by atoms with Crippen LogP contribution in [0.5, 0.6) is 0 Å². The smallest absolute Gasteiger partial charge is 0.257 e. The number of carbonyl (C=O) groups is 1. The lowest BCUT2D eigenvalue weighted by molar-refractivity contribution is -0.110. The summed E-state index contributed by atoms with van der Waals surface area (Å²) < 4.78 is 0. The van der Waals surface area contributed by atoms with Crippen LogP contribution in [0.3, 0.4) is 0 Å². The number of fused-ring (bicyclic) bond motifs is 3. The van der Waals surface area contributed by atoms with E-state index in [1.165, 1.54) is 11.1 Å². The molecule has 0 radical (unpaired) electrons. The molecule has 0 fully saturated rings. The zero-order chi connectivity index (χ0) is 19.6. The molecule has 1 aliphatic heterocycles. The Balaban J connectivity index is 1.40. The summed E-state index contributed by atoms with van der Waals surface area (Å²) in [6.45, 7) is 0. The molecule has 4 aromatic rings. The van der Waals surface area contributed by atoms with Crippen molar-refractivity contribution in [1.29, 1.82) is 0 Å². The maximum absolute atomic E-state index is 12.5. The molecule has 2 aromatic heterocycles. The molecule has 5 nitrogen and oxygen atoms in total. The van der Waals surface area contributed by atoms with Crippen LogP contribution >= 0.6 is 0 Å². The van der Waals surface area contributed by atoms with E-state index >= 15 is 0 Å². The van der Waals surface area contributed by atoms with Gasteiger partial charge in [-0.3, -0.25) is 14.8 Å². The molecule has 0 aliphatic carbocycles. The summed E-state index contributed by atoms with van der Waals surface area (Å²) in [5.74, 6) is -0.113. The van der Waals surface area contributed by atoms with Crippen molar-refractivity contribution in [2.75, 3.05) is 10.6 Å². The van der Waals surface area contributed by atoms with Gasteiger partial charge in [-0.25, -0.2) is 0 Å². The number of carbonyl (C=O) groups excluding carboxylic acids is 1. The molecule has 1 amide bonds. The summed E-state index contributed by atoms with van der Waals surface area (Å²) in [6.07, 6.45) is 8.00. The van der Waals surface area contributed by atoms with Crippen molar-refractivity contribution in [2.24, 2.45) is 0 Å². The van der Waals surface area contributed by atoms with Gasteiger partial charge < -0.3 is 10.6 Å². The number of anilines is 2. The lowest BCUT2D eigenvalue weighted by Gasteiger charge is -2.07. The molecule has 0 spiro atoms. The number of hydrogen-bond donors (Lipinski definition) is 2. The third kappa shape index (κ3) is 3.34. The van der Waals surface area contributed by atoms with Crippen molar-refractivity contribution in [3.8, 4) is 0 Å². The number of hydrogen-bond acceptors (Lipinski definition) is 4. The molecule has 140 valence electrons. The van der Waals surface area contributed by atoms with Crippen LogP contribution < -0.4 is 10.6 Å². The summed E-state index contributed by atoms with van der Waals surface area (Å²) in [5, 5.41) is 7.15. The van der Waals surface area contributed by atoms with E-state index in [0.29, 0.717) is 5.57 Å². The highest BCUT2D eigenvalue weighted by Gasteiger charge is 2.26. The van der Waals surface area contributed by atoms with Crippen LogP contribution in [0, 0.1) is 0 Å². The van der Waals surface area contributed by atoms with Crippen LogP contribution in [0.15, 0.2) is 85.5 Å². The third-order valence-corrected chi connectivity index (χ3v) is 5.04. The Morgan fingerprint density at radius 1 is 0.897 bits per heavy atom. The van der Waals surface area contributed by atoms with Gasteiger partial charge in [-0.05, 0) is 60.0 Å². The van der Waals surface area contributed by atoms with Gasteiger partial charge in [-0.1, -0.05) is 18.2 Å². The minimum Gasteiger partial charge on any atom is -0.361 e. The number of nitrogens with one attached hydrogen (secondary N) is 2. The second kappa shape index (κ2) is 7.20. The summed E-state index contributed by atoms with van der Waals surface area (Å²) in [5.41, 5.74) is 6.56. The molecule has 2 N–H and O–H groups in total. The Kier molecular flexibility index (Phi) is 4.26. The summed E-state index contributed by atoms with van der Waals surface area (Å²) in [7, 11) is 0. The third-order valence-electron chi connectivity index (χ3n) is 5.04. The van der Waals surface area contributed by atoms with Crippen LogP contribution in [0.2, 0.25) is 0 Å². The second-order valence-electron chi connectivity index (χ2n) is 6.94. The van der Waals surface area contributed by atoms with Crippen LogP contribution in [-0.2, 0) is 11.2 Å². The quantitative estimate of drug-likeness (QED) is 0.508. The normalized spacial score (nSPS) is 14.1. The highest BCUT2D eigenvalue weighted by Crippen LogP contribution is 2.37.